The van der Waals surface area contributed by atoms with Gasteiger partial charge in [0, 0.05) is 18.3 Å². The Morgan fingerprint density at radius 3 is 2.14 bits per heavy atom. The second-order valence-corrected chi connectivity index (χ2v) is 5.86. The van der Waals surface area contributed by atoms with Crippen molar-refractivity contribution in [2.75, 3.05) is 25.2 Å². The van der Waals surface area contributed by atoms with Crippen LogP contribution < -0.4 is 10.3 Å². The number of benzene rings is 2. The highest BCUT2D eigenvalue weighted by Gasteiger charge is 2.29. The van der Waals surface area contributed by atoms with E-state index in [1.807, 2.05) is 60.7 Å². The predicted molar refractivity (Wildman–Crippen MR) is 111 cm³/mol. The number of nitrogens with one attached hydrogen (secondary N) is 1. The van der Waals surface area contributed by atoms with Gasteiger partial charge < -0.3 is 14.4 Å². The smallest absolute Gasteiger partial charge is 0.431 e. The zero-order chi connectivity index (χ0) is 21.1. The van der Waals surface area contributed by atoms with Gasteiger partial charge in [0.05, 0.1) is 13.2 Å². The number of nitrogens with zero attached hydrogens (tertiary/aromatic N) is 2. The first-order chi connectivity index (χ1) is 14.1. The molecule has 1 N–H and O–H groups in total. The maximum Gasteiger partial charge on any atom is 0.431 e. The third-order valence-corrected chi connectivity index (χ3v) is 3.85. The van der Waals surface area contributed by atoms with Gasteiger partial charge in [0.15, 0.2) is 6.17 Å². The lowest BCUT2D eigenvalue weighted by Crippen LogP contribution is -2.57. The Balaban J connectivity index is 2.43. The van der Waals surface area contributed by atoms with E-state index >= 15 is 0 Å². The Hall–Kier alpha value is -3.66. The van der Waals surface area contributed by atoms with E-state index in [0.29, 0.717) is 0 Å². The van der Waals surface area contributed by atoms with Crippen molar-refractivity contribution in [3.05, 3.63) is 66.2 Å². The van der Waals surface area contributed by atoms with Gasteiger partial charge in [-0.25, -0.2) is 15.0 Å². The van der Waals surface area contributed by atoms with Crippen molar-refractivity contribution in [3.63, 3.8) is 0 Å². The average Bonchev–Trinajstić information content (AvgIpc) is 2.74. The van der Waals surface area contributed by atoms with E-state index in [1.165, 1.54) is 0 Å². The van der Waals surface area contributed by atoms with E-state index in [0.717, 1.165) is 16.3 Å². The van der Waals surface area contributed by atoms with Gasteiger partial charge in [-0.15, -0.1) is 0 Å². The number of para-hydroxylation sites is 1. The van der Waals surface area contributed by atoms with E-state index in [1.54, 1.807) is 25.8 Å². The first-order valence-corrected chi connectivity index (χ1v) is 9.30. The van der Waals surface area contributed by atoms with E-state index in [-0.39, 0.29) is 13.2 Å². The van der Waals surface area contributed by atoms with Crippen LogP contribution in [0.2, 0.25) is 0 Å². The quantitative estimate of drug-likeness (QED) is 0.476. The Morgan fingerprint density at radius 2 is 1.55 bits per heavy atom. The van der Waals surface area contributed by atoms with E-state index < -0.39 is 18.4 Å². The first-order valence-electron chi connectivity index (χ1n) is 9.30. The monoisotopic (exact) mass is 395 g/mol. The Kier molecular flexibility index (Phi) is 8.39. The molecular weight excluding hydrogens is 370 g/mol. The summed E-state index contributed by atoms with van der Waals surface area (Å²) < 4.78 is 10.1. The van der Waals surface area contributed by atoms with Crippen molar-refractivity contribution in [2.24, 2.45) is 0 Å². The summed E-state index contributed by atoms with van der Waals surface area (Å²) in [5, 5.41) is 1.03. The summed E-state index contributed by atoms with van der Waals surface area (Å²) in [6.07, 6.45) is -2.36. The van der Waals surface area contributed by atoms with Crippen molar-refractivity contribution in [3.8, 4) is 11.8 Å². The highest BCUT2D eigenvalue weighted by Crippen LogP contribution is 2.16. The molecule has 7 nitrogen and oxygen atoms in total. The molecular formula is C22H25N3O4. The van der Waals surface area contributed by atoms with Gasteiger partial charge in [-0.05, 0) is 44.0 Å². The molecule has 0 aliphatic carbocycles. The maximum atomic E-state index is 12.6. The molecule has 7 heteroatoms. The van der Waals surface area contributed by atoms with Crippen LogP contribution in [0.3, 0.4) is 0 Å². The zero-order valence-corrected chi connectivity index (χ0v) is 16.8. The molecule has 0 heterocycles. The number of amides is 2. The number of carbonyl (C=O) groups excluding carboxylic acids is 2. The number of anilines is 1. The van der Waals surface area contributed by atoms with Crippen molar-refractivity contribution in [2.45, 2.75) is 20.0 Å². The zero-order valence-electron chi connectivity index (χ0n) is 16.8. The second-order valence-electron chi connectivity index (χ2n) is 5.86. The van der Waals surface area contributed by atoms with E-state index in [9.17, 15) is 9.59 Å². The first kappa shape index (κ1) is 21.6. The second kappa shape index (κ2) is 11.2. The summed E-state index contributed by atoms with van der Waals surface area (Å²) >= 11 is 0. The molecule has 29 heavy (non-hydrogen) atoms. The Labute approximate surface area is 171 Å². The van der Waals surface area contributed by atoms with Crippen LogP contribution in [-0.4, -0.2) is 43.6 Å². The van der Waals surface area contributed by atoms with Crippen LogP contribution in [0.15, 0.2) is 60.7 Å². The van der Waals surface area contributed by atoms with Gasteiger partial charge in [-0.1, -0.05) is 42.3 Å². The van der Waals surface area contributed by atoms with Gasteiger partial charge in [0.25, 0.3) is 0 Å². The molecule has 0 spiro atoms. The van der Waals surface area contributed by atoms with Crippen LogP contribution in [0.1, 0.15) is 19.4 Å². The Bertz CT molecular complexity index is 847. The molecule has 0 aromatic heterocycles. The van der Waals surface area contributed by atoms with Crippen LogP contribution >= 0.6 is 0 Å². The van der Waals surface area contributed by atoms with Crippen molar-refractivity contribution >= 4 is 17.9 Å². The third-order valence-electron chi connectivity index (χ3n) is 3.85. The number of rotatable bonds is 5. The normalized spacial score (nSPS) is 10.7. The molecule has 2 amide bonds. The van der Waals surface area contributed by atoms with Crippen molar-refractivity contribution < 1.29 is 19.1 Å². The summed E-state index contributed by atoms with van der Waals surface area (Å²) in [7, 11) is 1.78. The number of carbonyl (C=O) groups is 2. The van der Waals surface area contributed by atoms with Gasteiger partial charge in [0.2, 0.25) is 0 Å². The molecule has 2 aromatic rings. The summed E-state index contributed by atoms with van der Waals surface area (Å²) in [6.45, 7) is 3.67. The largest absolute Gasteiger partial charge is 0.449 e. The van der Waals surface area contributed by atoms with Gasteiger partial charge in [0.1, 0.15) is 0 Å². The van der Waals surface area contributed by atoms with Crippen LogP contribution in [0.5, 0.6) is 0 Å². The molecule has 0 saturated carbocycles. The van der Waals surface area contributed by atoms with Crippen molar-refractivity contribution in [1.82, 2.24) is 10.4 Å². The minimum absolute atomic E-state index is 0.147. The molecule has 1 atom stereocenters. The lowest BCUT2D eigenvalue weighted by Gasteiger charge is -2.34. The lowest BCUT2D eigenvalue weighted by molar-refractivity contribution is 0.0650. The molecule has 2 aromatic carbocycles. The standard InChI is InChI=1S/C22H25N3O4/c1-4-28-21(26)23-25(22(27)29-5-2)20(17-16-18-12-8-6-9-13-18)24(3)19-14-10-7-11-15-19/h6-15,20H,4-5H2,1-3H3,(H,23,26). The minimum atomic E-state index is -0.846. The lowest BCUT2D eigenvalue weighted by atomic mass is 10.2. The van der Waals surface area contributed by atoms with Crippen LogP contribution in [-0.2, 0) is 9.47 Å². The predicted octanol–water partition coefficient (Wildman–Crippen LogP) is 3.62. The fraction of sp³-hybridized carbons (Fsp3) is 0.273. The van der Waals surface area contributed by atoms with Gasteiger partial charge in [-0.3, -0.25) is 0 Å². The van der Waals surface area contributed by atoms with Crippen LogP contribution in [0.4, 0.5) is 15.3 Å². The number of hydrogen-bond acceptors (Lipinski definition) is 5. The fourth-order valence-electron chi connectivity index (χ4n) is 2.47. The molecule has 1 unspecified atom stereocenters. The van der Waals surface area contributed by atoms with E-state index in [4.69, 9.17) is 9.47 Å². The molecule has 0 radical (unpaired) electrons. The molecule has 2 rings (SSSR count). The summed E-state index contributed by atoms with van der Waals surface area (Å²) in [4.78, 5) is 26.4. The molecule has 0 fully saturated rings. The minimum Gasteiger partial charge on any atom is -0.449 e. The third kappa shape index (κ3) is 6.47. The average molecular weight is 395 g/mol. The molecule has 0 aliphatic rings. The van der Waals surface area contributed by atoms with Crippen molar-refractivity contribution in [1.29, 1.82) is 0 Å². The molecule has 0 bridgehead atoms. The summed E-state index contributed by atoms with van der Waals surface area (Å²) in [5.41, 5.74) is 4.03. The maximum absolute atomic E-state index is 12.6. The van der Waals surface area contributed by atoms with Gasteiger partial charge in [-0.2, -0.15) is 5.01 Å². The highest BCUT2D eigenvalue weighted by atomic mass is 16.6. The number of hydrogen-bond donors (Lipinski definition) is 1. The molecule has 0 aliphatic heterocycles. The molecule has 0 saturated heterocycles. The van der Waals surface area contributed by atoms with E-state index in [2.05, 4.69) is 17.3 Å². The van der Waals surface area contributed by atoms with Gasteiger partial charge >= 0.3 is 12.2 Å². The fourth-order valence-corrected chi connectivity index (χ4v) is 2.47. The van der Waals surface area contributed by atoms with Crippen LogP contribution in [0.25, 0.3) is 0 Å². The highest BCUT2D eigenvalue weighted by molar-refractivity contribution is 5.75. The summed E-state index contributed by atoms with van der Waals surface area (Å²) in [5.74, 6) is 6.10. The number of ether oxygens (including phenoxy) is 2. The topological polar surface area (TPSA) is 71.1 Å². The SMILES string of the molecule is CCOC(=O)NN(C(=O)OCC)C(C#Cc1ccccc1)N(C)c1ccccc1. The molecule has 152 valence electrons. The van der Waals surface area contributed by atoms with Crippen LogP contribution in [0, 0.1) is 11.8 Å². The summed E-state index contributed by atoms with van der Waals surface area (Å²) in [6, 6.07) is 18.8. The Morgan fingerprint density at radius 1 is 0.966 bits per heavy atom. The number of hydrazine groups is 1.